The van der Waals surface area contributed by atoms with Crippen molar-refractivity contribution >= 4 is 23.8 Å². The Morgan fingerprint density at radius 2 is 1.16 bits per heavy atom. The van der Waals surface area contributed by atoms with E-state index in [9.17, 15) is 24.3 Å². The van der Waals surface area contributed by atoms with E-state index in [4.69, 9.17) is 18.9 Å². The summed E-state index contributed by atoms with van der Waals surface area (Å²) in [4.78, 5) is 50.6. The third-order valence-electron chi connectivity index (χ3n) is 4.87. The number of carbonyl (C=O) groups is 4. The normalized spacial score (nSPS) is 14.8. The van der Waals surface area contributed by atoms with Crippen LogP contribution in [0.4, 0.5) is 0 Å². The average Bonchev–Trinajstić information content (AvgIpc) is 3.17. The standard InChI is InChI=1S/C22H31NO9/c1-6-7-8-9-10-11-12-23-18(24)13-14(19(25)29-2)16(21(27)31-4)17(22(28)32-5)15(13)20(26)30-3/h25H,6-12H2,1-5H3,(H,23,24)/b19-14+. The van der Waals surface area contributed by atoms with Gasteiger partial charge in [0.15, 0.2) is 0 Å². The number of aliphatic hydroxyl groups excluding tert-OH is 1. The molecule has 0 atom stereocenters. The van der Waals surface area contributed by atoms with Crippen LogP contribution in [0.25, 0.3) is 0 Å². The Labute approximate surface area is 187 Å². The molecule has 0 aromatic rings. The smallest absolute Gasteiger partial charge is 0.339 e. The van der Waals surface area contributed by atoms with Crippen LogP contribution in [0.15, 0.2) is 33.8 Å². The molecule has 0 spiro atoms. The van der Waals surface area contributed by atoms with Crippen LogP contribution in [0.2, 0.25) is 0 Å². The van der Waals surface area contributed by atoms with Crippen molar-refractivity contribution in [3.63, 3.8) is 0 Å². The molecule has 0 aromatic carbocycles. The van der Waals surface area contributed by atoms with E-state index in [1.165, 1.54) is 0 Å². The van der Waals surface area contributed by atoms with E-state index < -0.39 is 57.6 Å². The fraction of sp³-hybridized carbons (Fsp3) is 0.545. The molecule has 0 fully saturated rings. The molecule has 10 heteroatoms. The summed E-state index contributed by atoms with van der Waals surface area (Å²) >= 11 is 0. The lowest BCUT2D eigenvalue weighted by atomic mass is 10.0. The van der Waals surface area contributed by atoms with Crippen LogP contribution in [0.3, 0.4) is 0 Å². The van der Waals surface area contributed by atoms with E-state index in [1.54, 1.807) is 0 Å². The maximum Gasteiger partial charge on any atom is 0.339 e. The van der Waals surface area contributed by atoms with Crippen LogP contribution >= 0.6 is 0 Å². The van der Waals surface area contributed by atoms with Gasteiger partial charge in [0.25, 0.3) is 11.9 Å². The van der Waals surface area contributed by atoms with Gasteiger partial charge in [-0.3, -0.25) is 4.79 Å². The van der Waals surface area contributed by atoms with Crippen molar-refractivity contribution in [2.75, 3.05) is 35.0 Å². The van der Waals surface area contributed by atoms with Gasteiger partial charge in [-0.2, -0.15) is 0 Å². The second-order valence-corrected chi connectivity index (χ2v) is 6.88. The molecule has 2 N–H and O–H groups in total. The van der Waals surface area contributed by atoms with Crippen molar-refractivity contribution in [1.29, 1.82) is 0 Å². The second-order valence-electron chi connectivity index (χ2n) is 6.88. The highest BCUT2D eigenvalue weighted by Crippen LogP contribution is 2.40. The first kappa shape index (κ1) is 26.7. The van der Waals surface area contributed by atoms with Gasteiger partial charge in [-0.25, -0.2) is 14.4 Å². The van der Waals surface area contributed by atoms with Gasteiger partial charge in [0.05, 0.1) is 56.3 Å². The number of hydrogen-bond donors (Lipinski definition) is 2. The van der Waals surface area contributed by atoms with Crippen molar-refractivity contribution < 1.29 is 43.2 Å². The fourth-order valence-corrected chi connectivity index (χ4v) is 3.28. The van der Waals surface area contributed by atoms with Crippen molar-refractivity contribution in [3.8, 4) is 0 Å². The van der Waals surface area contributed by atoms with Crippen LogP contribution in [0, 0.1) is 0 Å². The van der Waals surface area contributed by atoms with Crippen LogP contribution in [0.1, 0.15) is 45.4 Å². The van der Waals surface area contributed by atoms with E-state index in [1.807, 2.05) is 0 Å². The van der Waals surface area contributed by atoms with Gasteiger partial charge in [-0.15, -0.1) is 0 Å². The number of unbranched alkanes of at least 4 members (excludes halogenated alkanes) is 5. The Hall–Kier alpha value is -3.30. The highest BCUT2D eigenvalue weighted by Gasteiger charge is 2.46. The summed E-state index contributed by atoms with van der Waals surface area (Å²) in [7, 11) is 4.22. The molecule has 1 amide bonds. The molecule has 1 aliphatic carbocycles. The minimum atomic E-state index is -1.09. The lowest BCUT2D eigenvalue weighted by Crippen LogP contribution is -2.29. The Kier molecular flexibility index (Phi) is 11.0. The molecule has 0 bridgehead atoms. The second kappa shape index (κ2) is 13.2. The monoisotopic (exact) mass is 453 g/mol. The number of ether oxygens (including phenoxy) is 4. The first-order valence-electron chi connectivity index (χ1n) is 10.3. The molecule has 0 aliphatic heterocycles. The largest absolute Gasteiger partial charge is 0.481 e. The summed E-state index contributed by atoms with van der Waals surface area (Å²) in [5.41, 5.74) is -2.53. The van der Waals surface area contributed by atoms with Gasteiger partial charge in [0.2, 0.25) is 0 Å². The van der Waals surface area contributed by atoms with Gasteiger partial charge >= 0.3 is 17.9 Å². The lowest BCUT2D eigenvalue weighted by Gasteiger charge is -2.12. The summed E-state index contributed by atoms with van der Waals surface area (Å²) in [5.74, 6) is -4.89. The van der Waals surface area contributed by atoms with Gasteiger partial charge in [-0.05, 0) is 6.42 Å². The quantitative estimate of drug-likeness (QED) is 0.197. The van der Waals surface area contributed by atoms with E-state index in [0.717, 1.165) is 60.5 Å². The number of amides is 1. The number of rotatable bonds is 12. The molecule has 0 saturated carbocycles. The van der Waals surface area contributed by atoms with E-state index in [0.29, 0.717) is 6.42 Å². The van der Waals surface area contributed by atoms with Crippen LogP contribution in [-0.4, -0.2) is 63.9 Å². The third kappa shape index (κ3) is 6.12. The van der Waals surface area contributed by atoms with Crippen molar-refractivity contribution in [3.05, 3.63) is 33.8 Å². The van der Waals surface area contributed by atoms with E-state index >= 15 is 0 Å². The van der Waals surface area contributed by atoms with Crippen molar-refractivity contribution in [2.24, 2.45) is 0 Å². The fourth-order valence-electron chi connectivity index (χ4n) is 3.28. The number of aliphatic hydroxyl groups is 1. The summed E-state index contributed by atoms with van der Waals surface area (Å²) in [6.45, 7) is 2.40. The van der Waals surface area contributed by atoms with Gasteiger partial charge < -0.3 is 29.4 Å². The molecule has 0 heterocycles. The summed E-state index contributed by atoms with van der Waals surface area (Å²) in [6.07, 6.45) is 5.98. The van der Waals surface area contributed by atoms with Crippen molar-refractivity contribution in [2.45, 2.75) is 45.4 Å². The number of hydrogen-bond acceptors (Lipinski definition) is 9. The predicted molar refractivity (Wildman–Crippen MR) is 113 cm³/mol. The van der Waals surface area contributed by atoms with E-state index in [2.05, 4.69) is 12.2 Å². The van der Waals surface area contributed by atoms with Crippen LogP contribution in [0.5, 0.6) is 0 Å². The Balaban J connectivity index is 3.43. The number of carbonyl (C=O) groups excluding carboxylic acids is 4. The average molecular weight is 453 g/mol. The van der Waals surface area contributed by atoms with Crippen LogP contribution < -0.4 is 5.32 Å². The molecule has 10 nitrogen and oxygen atoms in total. The van der Waals surface area contributed by atoms with Gasteiger partial charge in [0.1, 0.15) is 0 Å². The molecule has 0 radical (unpaired) electrons. The maximum atomic E-state index is 13.0. The Bertz CT molecular complexity index is 836. The summed E-state index contributed by atoms with van der Waals surface area (Å²) < 4.78 is 18.9. The molecule has 0 saturated heterocycles. The minimum Gasteiger partial charge on any atom is -0.481 e. The highest BCUT2D eigenvalue weighted by molar-refractivity contribution is 6.23. The zero-order valence-electron chi connectivity index (χ0n) is 19.2. The number of nitrogens with one attached hydrogen (secondary N) is 1. The molecule has 0 unspecified atom stereocenters. The zero-order valence-corrected chi connectivity index (χ0v) is 19.2. The Morgan fingerprint density at radius 3 is 1.66 bits per heavy atom. The van der Waals surface area contributed by atoms with Crippen molar-refractivity contribution in [1.82, 2.24) is 5.32 Å². The Morgan fingerprint density at radius 1 is 0.688 bits per heavy atom. The maximum absolute atomic E-state index is 13.0. The number of esters is 3. The predicted octanol–water partition coefficient (Wildman–Crippen LogP) is 2.00. The SMILES string of the molecule is CCCCCCCCNC(=O)C1=C(C(=O)OC)C(C(=O)OC)=C(C(=O)OC)/C1=C(\O)OC. The molecule has 1 rings (SSSR count). The van der Waals surface area contributed by atoms with Gasteiger partial charge in [-0.1, -0.05) is 39.0 Å². The first-order valence-corrected chi connectivity index (χ1v) is 10.3. The third-order valence-corrected chi connectivity index (χ3v) is 4.87. The first-order chi connectivity index (χ1) is 15.3. The molecule has 32 heavy (non-hydrogen) atoms. The van der Waals surface area contributed by atoms with E-state index in [-0.39, 0.29) is 6.54 Å². The topological polar surface area (TPSA) is 137 Å². The lowest BCUT2D eigenvalue weighted by molar-refractivity contribution is -0.140. The van der Waals surface area contributed by atoms with Gasteiger partial charge in [0, 0.05) is 6.54 Å². The summed E-state index contributed by atoms with van der Waals surface area (Å²) in [5, 5.41) is 13.0. The number of methoxy groups -OCH3 is 4. The minimum absolute atomic E-state index is 0.283. The molecule has 0 aromatic heterocycles. The molecule has 178 valence electrons. The molecular formula is C22H31NO9. The van der Waals surface area contributed by atoms with Crippen LogP contribution in [-0.2, 0) is 38.1 Å². The zero-order chi connectivity index (χ0) is 24.3. The molecule has 1 aliphatic rings. The molecular weight excluding hydrogens is 422 g/mol. The summed E-state index contributed by atoms with van der Waals surface area (Å²) in [6, 6.07) is 0. The highest BCUT2D eigenvalue weighted by atomic mass is 16.6.